The van der Waals surface area contributed by atoms with Crippen LogP contribution in [0.3, 0.4) is 0 Å². The van der Waals surface area contributed by atoms with Gasteiger partial charge in [0.15, 0.2) is 11.6 Å². The monoisotopic (exact) mass is 294 g/mol. The number of ketones is 2. The number of rotatable bonds is 3. The van der Waals surface area contributed by atoms with E-state index in [0.29, 0.717) is 28.7 Å². The Kier molecular flexibility index (Phi) is 3.37. The topological polar surface area (TPSA) is 71.4 Å². The Morgan fingerprint density at radius 2 is 1.45 bits per heavy atom. The second-order valence-corrected chi connectivity index (χ2v) is 5.26. The summed E-state index contributed by atoms with van der Waals surface area (Å²) in [6.07, 6.45) is 0.366. The summed E-state index contributed by atoms with van der Waals surface area (Å²) in [5.74, 6) is -1.49. The minimum Gasteiger partial charge on any atom is -0.481 e. The van der Waals surface area contributed by atoms with Crippen molar-refractivity contribution in [2.45, 2.75) is 19.8 Å². The van der Waals surface area contributed by atoms with Gasteiger partial charge in [0.05, 0.1) is 6.42 Å². The number of carboxylic acids is 1. The van der Waals surface area contributed by atoms with E-state index in [0.717, 1.165) is 5.56 Å². The second kappa shape index (κ2) is 5.22. The average Bonchev–Trinajstić information content (AvgIpc) is 2.51. The Hall–Kier alpha value is -2.75. The van der Waals surface area contributed by atoms with Gasteiger partial charge in [-0.1, -0.05) is 43.3 Å². The van der Waals surface area contributed by atoms with Gasteiger partial charge >= 0.3 is 5.97 Å². The quantitative estimate of drug-likeness (QED) is 0.806. The number of carboxylic acid groups (broad SMARTS) is 1. The van der Waals surface area contributed by atoms with Gasteiger partial charge in [0, 0.05) is 22.3 Å². The predicted molar refractivity (Wildman–Crippen MR) is 80.5 cm³/mol. The number of aryl methyl sites for hydroxylation is 1. The lowest BCUT2D eigenvalue weighted by Gasteiger charge is -2.21. The molecule has 2 aromatic rings. The number of hydrogen-bond acceptors (Lipinski definition) is 3. The molecule has 0 heterocycles. The predicted octanol–water partition coefficient (Wildman–Crippen LogP) is 2.65. The van der Waals surface area contributed by atoms with Gasteiger partial charge in [-0.25, -0.2) is 0 Å². The molecule has 0 unspecified atom stereocenters. The van der Waals surface area contributed by atoms with Crippen LogP contribution in [0.15, 0.2) is 36.4 Å². The fraction of sp³-hybridized carbons (Fsp3) is 0.167. The molecule has 4 heteroatoms. The zero-order valence-electron chi connectivity index (χ0n) is 12.1. The van der Waals surface area contributed by atoms with Crippen molar-refractivity contribution in [1.29, 1.82) is 0 Å². The van der Waals surface area contributed by atoms with Gasteiger partial charge in [0.1, 0.15) is 0 Å². The Bertz CT molecular complexity index is 818. The molecule has 110 valence electrons. The molecule has 1 aliphatic rings. The molecule has 1 N–H and O–H groups in total. The maximum Gasteiger partial charge on any atom is 0.307 e. The van der Waals surface area contributed by atoms with E-state index in [9.17, 15) is 14.4 Å². The molecule has 0 spiro atoms. The summed E-state index contributed by atoms with van der Waals surface area (Å²) in [5, 5.41) is 9.02. The van der Waals surface area contributed by atoms with Crippen LogP contribution in [0, 0.1) is 0 Å². The molecular weight excluding hydrogens is 280 g/mol. The zero-order valence-corrected chi connectivity index (χ0v) is 12.1. The number of benzene rings is 2. The fourth-order valence-electron chi connectivity index (χ4n) is 2.99. The standard InChI is InChI=1S/C18H14O4/c1-2-10-5-3-7-12-15(10)18(22)16-11(9-14(19)20)6-4-8-13(16)17(12)21/h3-8H,2,9H2,1H3,(H,19,20). The summed E-state index contributed by atoms with van der Waals surface area (Å²) in [5.41, 5.74) is 2.56. The molecule has 0 fully saturated rings. The third-order valence-corrected chi connectivity index (χ3v) is 3.97. The molecule has 0 atom stereocenters. The number of carbonyl (C=O) groups excluding carboxylic acids is 2. The van der Waals surface area contributed by atoms with Crippen LogP contribution < -0.4 is 0 Å². The number of aliphatic carboxylic acids is 1. The highest BCUT2D eigenvalue weighted by Gasteiger charge is 2.33. The molecule has 1 aliphatic carbocycles. The molecule has 0 amide bonds. The number of hydrogen-bond donors (Lipinski definition) is 1. The number of carbonyl (C=O) groups is 3. The van der Waals surface area contributed by atoms with Crippen molar-refractivity contribution < 1.29 is 19.5 Å². The second-order valence-electron chi connectivity index (χ2n) is 5.26. The molecule has 0 bridgehead atoms. The Balaban J connectivity index is 2.28. The SMILES string of the molecule is CCc1cccc2c1C(=O)c1c(CC(=O)O)cccc1C2=O. The Labute approximate surface area is 127 Å². The van der Waals surface area contributed by atoms with Crippen molar-refractivity contribution in [3.8, 4) is 0 Å². The Morgan fingerprint density at radius 1 is 0.909 bits per heavy atom. The van der Waals surface area contributed by atoms with E-state index < -0.39 is 5.97 Å². The highest BCUT2D eigenvalue weighted by atomic mass is 16.4. The van der Waals surface area contributed by atoms with Crippen LogP contribution in [0.1, 0.15) is 49.9 Å². The highest BCUT2D eigenvalue weighted by Crippen LogP contribution is 2.31. The molecule has 0 saturated heterocycles. The molecule has 22 heavy (non-hydrogen) atoms. The third-order valence-electron chi connectivity index (χ3n) is 3.97. The molecule has 0 radical (unpaired) electrons. The summed E-state index contributed by atoms with van der Waals surface area (Å²) < 4.78 is 0. The van der Waals surface area contributed by atoms with Gasteiger partial charge in [0.25, 0.3) is 0 Å². The first-order valence-electron chi connectivity index (χ1n) is 7.09. The van der Waals surface area contributed by atoms with Crippen LogP contribution in [0.25, 0.3) is 0 Å². The van der Waals surface area contributed by atoms with Crippen LogP contribution in [0.5, 0.6) is 0 Å². The summed E-state index contributed by atoms with van der Waals surface area (Å²) in [6, 6.07) is 10.1. The van der Waals surface area contributed by atoms with E-state index in [1.807, 2.05) is 13.0 Å². The summed E-state index contributed by atoms with van der Waals surface area (Å²) in [4.78, 5) is 36.6. The lowest BCUT2D eigenvalue weighted by molar-refractivity contribution is -0.136. The van der Waals surface area contributed by atoms with E-state index in [1.54, 1.807) is 30.3 Å². The molecule has 4 nitrogen and oxygen atoms in total. The van der Waals surface area contributed by atoms with Crippen LogP contribution in [-0.2, 0) is 17.6 Å². The van der Waals surface area contributed by atoms with Crippen molar-refractivity contribution in [3.05, 3.63) is 69.8 Å². The average molecular weight is 294 g/mol. The van der Waals surface area contributed by atoms with Crippen molar-refractivity contribution in [3.63, 3.8) is 0 Å². The zero-order chi connectivity index (χ0) is 15.9. The first-order valence-corrected chi connectivity index (χ1v) is 7.09. The van der Waals surface area contributed by atoms with Gasteiger partial charge in [-0.05, 0) is 17.5 Å². The maximum absolute atomic E-state index is 12.9. The van der Waals surface area contributed by atoms with Gasteiger partial charge in [-0.3, -0.25) is 14.4 Å². The lowest BCUT2D eigenvalue weighted by atomic mass is 9.79. The molecule has 3 rings (SSSR count). The molecule has 2 aromatic carbocycles. The molecule has 0 saturated carbocycles. The summed E-state index contributed by atoms with van der Waals surface area (Å²) in [6.45, 7) is 1.92. The van der Waals surface area contributed by atoms with Gasteiger partial charge in [-0.15, -0.1) is 0 Å². The van der Waals surface area contributed by atoms with Gasteiger partial charge in [0.2, 0.25) is 0 Å². The van der Waals surface area contributed by atoms with Crippen molar-refractivity contribution in [2.75, 3.05) is 0 Å². The fourth-order valence-corrected chi connectivity index (χ4v) is 2.99. The number of fused-ring (bicyclic) bond motifs is 2. The Morgan fingerprint density at radius 3 is 2.00 bits per heavy atom. The summed E-state index contributed by atoms with van der Waals surface area (Å²) in [7, 11) is 0. The van der Waals surface area contributed by atoms with Crippen LogP contribution in [0.4, 0.5) is 0 Å². The molecule has 0 aliphatic heterocycles. The van der Waals surface area contributed by atoms with E-state index in [4.69, 9.17) is 5.11 Å². The van der Waals surface area contributed by atoms with Crippen molar-refractivity contribution >= 4 is 17.5 Å². The first-order chi connectivity index (χ1) is 10.5. The van der Waals surface area contributed by atoms with Crippen LogP contribution in [0.2, 0.25) is 0 Å². The normalized spacial score (nSPS) is 12.8. The van der Waals surface area contributed by atoms with E-state index in [2.05, 4.69) is 0 Å². The van der Waals surface area contributed by atoms with E-state index in [-0.39, 0.29) is 23.6 Å². The highest BCUT2D eigenvalue weighted by molar-refractivity contribution is 6.29. The largest absolute Gasteiger partial charge is 0.481 e. The first kappa shape index (κ1) is 14.2. The smallest absolute Gasteiger partial charge is 0.307 e. The summed E-state index contributed by atoms with van der Waals surface area (Å²) >= 11 is 0. The minimum atomic E-state index is -1.02. The van der Waals surface area contributed by atoms with E-state index >= 15 is 0 Å². The van der Waals surface area contributed by atoms with Crippen LogP contribution >= 0.6 is 0 Å². The van der Waals surface area contributed by atoms with Crippen molar-refractivity contribution in [2.24, 2.45) is 0 Å². The molecular formula is C18H14O4. The van der Waals surface area contributed by atoms with Gasteiger partial charge < -0.3 is 5.11 Å². The molecule has 0 aromatic heterocycles. The van der Waals surface area contributed by atoms with Crippen molar-refractivity contribution in [1.82, 2.24) is 0 Å². The lowest BCUT2D eigenvalue weighted by Crippen LogP contribution is -2.24. The maximum atomic E-state index is 12.9. The van der Waals surface area contributed by atoms with E-state index in [1.165, 1.54) is 0 Å². The van der Waals surface area contributed by atoms with Gasteiger partial charge in [-0.2, -0.15) is 0 Å². The minimum absolute atomic E-state index is 0.216. The van der Waals surface area contributed by atoms with Crippen LogP contribution in [-0.4, -0.2) is 22.6 Å². The third kappa shape index (κ3) is 2.04.